The number of aliphatic hydroxyl groups excluding tert-OH is 1. The van der Waals surface area contributed by atoms with Crippen molar-refractivity contribution >= 4 is 0 Å². The highest BCUT2D eigenvalue weighted by atomic mass is 16.3. The highest BCUT2D eigenvalue weighted by molar-refractivity contribution is 5.21. The van der Waals surface area contributed by atoms with Gasteiger partial charge in [0.2, 0.25) is 0 Å². The summed E-state index contributed by atoms with van der Waals surface area (Å²) in [6, 6.07) is 9.18. The Bertz CT molecular complexity index is 398. The van der Waals surface area contributed by atoms with Crippen LogP contribution in [0.5, 0.6) is 0 Å². The van der Waals surface area contributed by atoms with Crippen LogP contribution in [0.25, 0.3) is 0 Å². The monoisotopic (exact) mass is 262 g/mol. The summed E-state index contributed by atoms with van der Waals surface area (Å²) in [7, 11) is 0. The van der Waals surface area contributed by atoms with Gasteiger partial charge in [0.15, 0.2) is 0 Å². The minimum absolute atomic E-state index is 0.128. The Morgan fingerprint density at radius 3 is 2.63 bits per heavy atom. The fourth-order valence-electron chi connectivity index (χ4n) is 2.89. The van der Waals surface area contributed by atoms with Crippen molar-refractivity contribution in [3.05, 3.63) is 35.4 Å². The van der Waals surface area contributed by atoms with E-state index in [1.165, 1.54) is 11.1 Å². The van der Waals surface area contributed by atoms with E-state index in [1.54, 1.807) is 0 Å². The molecule has 1 aliphatic rings. The number of nitrogens with zero attached hydrogens (tertiary/aromatic N) is 1. The third-order valence-electron chi connectivity index (χ3n) is 4.09. The van der Waals surface area contributed by atoms with Gasteiger partial charge in [0.1, 0.15) is 0 Å². The van der Waals surface area contributed by atoms with Gasteiger partial charge in [0.25, 0.3) is 0 Å². The number of nitrogens with one attached hydrogen (secondary N) is 1. The molecule has 1 aliphatic heterocycles. The standard InChI is InChI=1S/C16H26N2O/c1-13-4-6-14(7-5-13)11-18-15(8-9-19)10-17-12-16(18,2)3/h4-7,15,17,19H,8-12H2,1-3H3. The van der Waals surface area contributed by atoms with Gasteiger partial charge >= 0.3 is 0 Å². The predicted octanol–water partition coefficient (Wildman–Crippen LogP) is 1.93. The molecular weight excluding hydrogens is 236 g/mol. The molecule has 1 fully saturated rings. The highest BCUT2D eigenvalue weighted by Crippen LogP contribution is 2.25. The fourth-order valence-corrected chi connectivity index (χ4v) is 2.89. The van der Waals surface area contributed by atoms with Crippen molar-refractivity contribution < 1.29 is 5.11 Å². The van der Waals surface area contributed by atoms with Gasteiger partial charge in [-0.25, -0.2) is 0 Å². The van der Waals surface area contributed by atoms with Crippen LogP contribution in [0, 0.1) is 6.92 Å². The normalized spacial score (nSPS) is 23.5. The summed E-state index contributed by atoms with van der Waals surface area (Å²) in [5.74, 6) is 0. The second-order valence-electron chi connectivity index (χ2n) is 6.22. The number of aryl methyl sites for hydroxylation is 1. The first-order chi connectivity index (χ1) is 9.03. The minimum Gasteiger partial charge on any atom is -0.396 e. The van der Waals surface area contributed by atoms with Gasteiger partial charge in [-0.15, -0.1) is 0 Å². The zero-order chi connectivity index (χ0) is 13.9. The lowest BCUT2D eigenvalue weighted by Gasteiger charge is -2.48. The first kappa shape index (κ1) is 14.5. The van der Waals surface area contributed by atoms with Gasteiger partial charge in [-0.2, -0.15) is 0 Å². The molecule has 0 radical (unpaired) electrons. The molecule has 1 saturated heterocycles. The summed E-state index contributed by atoms with van der Waals surface area (Å²) in [6.07, 6.45) is 0.836. The van der Waals surface area contributed by atoms with Crippen molar-refractivity contribution in [1.29, 1.82) is 0 Å². The Labute approximate surface area is 116 Å². The van der Waals surface area contributed by atoms with E-state index in [-0.39, 0.29) is 12.1 Å². The molecule has 0 aliphatic carbocycles. The van der Waals surface area contributed by atoms with Crippen molar-refractivity contribution in [3.63, 3.8) is 0 Å². The molecule has 3 nitrogen and oxygen atoms in total. The summed E-state index contributed by atoms with van der Waals surface area (Å²) >= 11 is 0. The van der Waals surface area contributed by atoms with Crippen molar-refractivity contribution in [3.8, 4) is 0 Å². The van der Waals surface area contributed by atoms with E-state index < -0.39 is 0 Å². The number of benzene rings is 1. The molecule has 106 valence electrons. The van der Waals surface area contributed by atoms with E-state index in [0.717, 1.165) is 26.1 Å². The van der Waals surface area contributed by atoms with Gasteiger partial charge in [-0.1, -0.05) is 29.8 Å². The first-order valence-corrected chi connectivity index (χ1v) is 7.17. The third kappa shape index (κ3) is 3.56. The molecular formula is C16H26N2O. The van der Waals surface area contributed by atoms with Gasteiger partial charge in [0.05, 0.1) is 0 Å². The lowest BCUT2D eigenvalue weighted by Crippen LogP contribution is -2.62. The Morgan fingerprint density at radius 1 is 1.32 bits per heavy atom. The SMILES string of the molecule is Cc1ccc(CN2C(CCO)CNCC2(C)C)cc1. The van der Waals surface area contributed by atoms with E-state index in [4.69, 9.17) is 0 Å². The number of piperazine rings is 1. The second kappa shape index (κ2) is 6.04. The fraction of sp³-hybridized carbons (Fsp3) is 0.625. The molecule has 0 spiro atoms. The lowest BCUT2D eigenvalue weighted by atomic mass is 9.94. The maximum absolute atomic E-state index is 9.25. The molecule has 1 aromatic carbocycles. The summed E-state index contributed by atoms with van der Waals surface area (Å²) in [4.78, 5) is 2.53. The van der Waals surface area contributed by atoms with E-state index in [1.807, 2.05) is 0 Å². The maximum atomic E-state index is 9.25. The Kier molecular flexibility index (Phi) is 4.61. The molecule has 1 heterocycles. The molecule has 0 amide bonds. The number of aliphatic hydroxyl groups is 1. The topological polar surface area (TPSA) is 35.5 Å². The van der Waals surface area contributed by atoms with Crippen molar-refractivity contribution in [2.45, 2.75) is 45.3 Å². The van der Waals surface area contributed by atoms with Crippen molar-refractivity contribution in [2.75, 3.05) is 19.7 Å². The molecule has 2 N–H and O–H groups in total. The molecule has 2 rings (SSSR count). The van der Waals surface area contributed by atoms with Crippen LogP contribution in [0.1, 0.15) is 31.4 Å². The Morgan fingerprint density at radius 2 is 2.00 bits per heavy atom. The molecule has 1 aromatic rings. The molecule has 1 unspecified atom stereocenters. The maximum Gasteiger partial charge on any atom is 0.0446 e. The van der Waals surface area contributed by atoms with Crippen molar-refractivity contribution in [1.82, 2.24) is 10.2 Å². The summed E-state index contributed by atoms with van der Waals surface area (Å²) in [5.41, 5.74) is 2.78. The van der Waals surface area contributed by atoms with Crippen molar-refractivity contribution in [2.24, 2.45) is 0 Å². The summed E-state index contributed by atoms with van der Waals surface area (Å²) in [6.45, 7) is 9.85. The summed E-state index contributed by atoms with van der Waals surface area (Å²) in [5, 5.41) is 12.7. The Hall–Kier alpha value is -0.900. The molecule has 0 saturated carbocycles. The third-order valence-corrected chi connectivity index (χ3v) is 4.09. The quantitative estimate of drug-likeness (QED) is 0.870. The van der Waals surface area contributed by atoms with Crippen LogP contribution < -0.4 is 5.32 Å². The predicted molar refractivity (Wildman–Crippen MR) is 79.2 cm³/mol. The lowest BCUT2D eigenvalue weighted by molar-refractivity contribution is 0.0181. The second-order valence-corrected chi connectivity index (χ2v) is 6.22. The van der Waals surface area contributed by atoms with Gasteiger partial charge in [0, 0.05) is 37.8 Å². The Balaban J connectivity index is 2.14. The van der Waals surface area contributed by atoms with Crippen LogP contribution in [0.2, 0.25) is 0 Å². The molecule has 3 heteroatoms. The van der Waals surface area contributed by atoms with Crippen LogP contribution in [0.4, 0.5) is 0 Å². The number of hydrogen-bond acceptors (Lipinski definition) is 3. The average molecular weight is 262 g/mol. The first-order valence-electron chi connectivity index (χ1n) is 7.17. The average Bonchev–Trinajstić information content (AvgIpc) is 2.36. The largest absolute Gasteiger partial charge is 0.396 e. The molecule has 1 atom stereocenters. The van der Waals surface area contributed by atoms with Crippen LogP contribution in [0.15, 0.2) is 24.3 Å². The highest BCUT2D eigenvalue weighted by Gasteiger charge is 2.35. The van der Waals surface area contributed by atoms with E-state index >= 15 is 0 Å². The van der Waals surface area contributed by atoms with Gasteiger partial charge < -0.3 is 10.4 Å². The van der Waals surface area contributed by atoms with Crippen LogP contribution in [-0.2, 0) is 6.54 Å². The van der Waals surface area contributed by atoms with E-state index in [9.17, 15) is 5.11 Å². The number of rotatable bonds is 4. The van der Waals surface area contributed by atoms with Crippen LogP contribution in [0.3, 0.4) is 0 Å². The zero-order valence-electron chi connectivity index (χ0n) is 12.3. The van der Waals surface area contributed by atoms with E-state index in [2.05, 4.69) is 55.3 Å². The van der Waals surface area contributed by atoms with Crippen LogP contribution in [-0.4, -0.2) is 41.3 Å². The number of hydrogen-bond donors (Lipinski definition) is 2. The smallest absolute Gasteiger partial charge is 0.0446 e. The molecule has 0 aromatic heterocycles. The van der Waals surface area contributed by atoms with Crippen LogP contribution >= 0.6 is 0 Å². The van der Waals surface area contributed by atoms with Gasteiger partial charge in [-0.05, 0) is 32.8 Å². The minimum atomic E-state index is 0.128. The molecule has 19 heavy (non-hydrogen) atoms. The molecule has 0 bridgehead atoms. The summed E-state index contributed by atoms with van der Waals surface area (Å²) < 4.78 is 0. The van der Waals surface area contributed by atoms with E-state index in [0.29, 0.717) is 6.04 Å². The zero-order valence-corrected chi connectivity index (χ0v) is 12.3. The van der Waals surface area contributed by atoms with Gasteiger partial charge in [-0.3, -0.25) is 4.90 Å².